The van der Waals surface area contributed by atoms with Crippen molar-refractivity contribution in [2.75, 3.05) is 7.05 Å². The van der Waals surface area contributed by atoms with E-state index in [-0.39, 0.29) is 5.16 Å². The van der Waals surface area contributed by atoms with Crippen LogP contribution in [0.5, 0.6) is 5.75 Å². The third-order valence-corrected chi connectivity index (χ3v) is 6.34. The Labute approximate surface area is 170 Å². The first-order chi connectivity index (χ1) is 13.5. The Morgan fingerprint density at radius 1 is 0.964 bits per heavy atom. The fourth-order valence-corrected chi connectivity index (χ4v) is 4.75. The van der Waals surface area contributed by atoms with Crippen LogP contribution >= 0.6 is 8.58 Å². The van der Waals surface area contributed by atoms with Crippen molar-refractivity contribution < 1.29 is 4.74 Å². The van der Waals surface area contributed by atoms with Crippen LogP contribution in [0, 0.1) is 6.92 Å². The summed E-state index contributed by atoms with van der Waals surface area (Å²) in [5, 5.41) is 1.29. The Balaban J connectivity index is 1.86. The molecule has 3 rings (SSSR count). The molecule has 0 aliphatic heterocycles. The first-order valence-electron chi connectivity index (χ1n) is 9.57. The summed E-state index contributed by atoms with van der Waals surface area (Å²) in [6, 6.07) is 25.4. The molecule has 0 bridgehead atoms. The second kappa shape index (κ2) is 9.17. The second-order valence-corrected chi connectivity index (χ2v) is 9.54. The molecule has 3 aromatic rings. The summed E-state index contributed by atoms with van der Waals surface area (Å²) in [6.07, 6.45) is 1.96. The van der Waals surface area contributed by atoms with Gasteiger partial charge in [0.2, 0.25) is 0 Å². The van der Waals surface area contributed by atoms with Crippen molar-refractivity contribution in [2.24, 2.45) is 4.99 Å². The summed E-state index contributed by atoms with van der Waals surface area (Å²) in [7, 11) is 2.44. The third-order valence-electron chi connectivity index (χ3n) is 4.72. The van der Waals surface area contributed by atoms with E-state index < -0.39 is 0 Å². The molecule has 0 spiro atoms. The van der Waals surface area contributed by atoms with Crippen LogP contribution < -0.4 is 10.0 Å². The zero-order chi connectivity index (χ0) is 20.0. The molecule has 0 aliphatic carbocycles. The summed E-state index contributed by atoms with van der Waals surface area (Å²) in [6.45, 7) is 7.29. The first kappa shape index (κ1) is 20.3. The molecule has 0 aliphatic rings. The van der Waals surface area contributed by atoms with E-state index in [0.29, 0.717) is 15.2 Å². The van der Waals surface area contributed by atoms with E-state index in [9.17, 15) is 0 Å². The highest BCUT2D eigenvalue weighted by molar-refractivity contribution is 7.48. The van der Waals surface area contributed by atoms with E-state index in [0.717, 1.165) is 5.75 Å². The lowest BCUT2D eigenvalue weighted by Gasteiger charge is -2.28. The Morgan fingerprint density at radius 2 is 1.68 bits per heavy atom. The fraction of sp³-hybridized carbons (Fsp3) is 0.240. The van der Waals surface area contributed by atoms with Gasteiger partial charge >= 0.3 is 0 Å². The molecule has 0 fully saturated rings. The van der Waals surface area contributed by atoms with Crippen LogP contribution in [-0.2, 0) is 11.8 Å². The largest absolute Gasteiger partial charge is 0.489 e. The van der Waals surface area contributed by atoms with Crippen LogP contribution in [0.25, 0.3) is 0 Å². The SMILES string of the molecule is CN=Cc1cc(C)ccc1PC(C)(C)c1ccccc1OCc1ccccc1. The molecule has 144 valence electrons. The molecule has 1 unspecified atom stereocenters. The smallest absolute Gasteiger partial charge is 0.123 e. The lowest BCUT2D eigenvalue weighted by atomic mass is 10.0. The number of rotatable bonds is 7. The van der Waals surface area contributed by atoms with Gasteiger partial charge in [0.25, 0.3) is 0 Å². The Hall–Kier alpha value is -2.44. The summed E-state index contributed by atoms with van der Waals surface area (Å²) < 4.78 is 6.22. The Morgan fingerprint density at radius 3 is 2.43 bits per heavy atom. The van der Waals surface area contributed by atoms with Gasteiger partial charge in [-0.15, -0.1) is 0 Å². The number of aliphatic imine (C=N–C) groups is 1. The topological polar surface area (TPSA) is 21.6 Å². The van der Waals surface area contributed by atoms with Crippen molar-refractivity contribution in [1.82, 2.24) is 0 Å². The van der Waals surface area contributed by atoms with E-state index in [4.69, 9.17) is 4.74 Å². The highest BCUT2D eigenvalue weighted by Gasteiger charge is 2.26. The van der Waals surface area contributed by atoms with Gasteiger partial charge < -0.3 is 4.74 Å². The molecule has 3 heteroatoms. The monoisotopic (exact) mass is 389 g/mol. The van der Waals surface area contributed by atoms with Crippen LogP contribution in [0.1, 0.15) is 36.1 Å². The number of benzene rings is 3. The van der Waals surface area contributed by atoms with E-state index >= 15 is 0 Å². The van der Waals surface area contributed by atoms with Gasteiger partial charge in [0.15, 0.2) is 0 Å². The van der Waals surface area contributed by atoms with Gasteiger partial charge in [0.05, 0.1) is 0 Å². The zero-order valence-corrected chi connectivity index (χ0v) is 18.1. The second-order valence-electron chi connectivity index (χ2n) is 7.50. The average molecular weight is 389 g/mol. The summed E-state index contributed by atoms with van der Waals surface area (Å²) in [5.41, 5.74) is 4.88. The molecule has 0 radical (unpaired) electrons. The normalized spacial score (nSPS) is 12.1. The quantitative estimate of drug-likeness (QED) is 0.366. The minimum absolute atomic E-state index is 0.0428. The number of ether oxygens (including phenoxy) is 1. The van der Waals surface area contributed by atoms with Crippen LogP contribution in [-0.4, -0.2) is 13.3 Å². The van der Waals surface area contributed by atoms with Crippen LogP contribution in [0.4, 0.5) is 0 Å². The van der Waals surface area contributed by atoms with E-state index in [1.165, 1.54) is 27.6 Å². The standard InChI is InChI=1S/C25H28NOP/c1-19-14-15-24(21(16-19)17-26-4)28-25(2,3)22-12-8-9-13-23(22)27-18-20-10-6-5-7-11-20/h5-17,28H,18H2,1-4H3. The molecule has 0 saturated heterocycles. The van der Waals surface area contributed by atoms with Crippen molar-refractivity contribution >= 4 is 20.1 Å². The van der Waals surface area contributed by atoms with Gasteiger partial charge in [-0.2, -0.15) is 0 Å². The summed E-state index contributed by atoms with van der Waals surface area (Å²) >= 11 is 0. The van der Waals surface area contributed by atoms with Crippen LogP contribution in [0.3, 0.4) is 0 Å². The molecule has 0 aromatic heterocycles. The highest BCUT2D eigenvalue weighted by Crippen LogP contribution is 2.44. The highest BCUT2D eigenvalue weighted by atomic mass is 31.1. The molecule has 2 nitrogen and oxygen atoms in total. The van der Waals surface area contributed by atoms with Crippen molar-refractivity contribution in [3.05, 3.63) is 95.1 Å². The van der Waals surface area contributed by atoms with Crippen LogP contribution in [0.2, 0.25) is 0 Å². The zero-order valence-electron chi connectivity index (χ0n) is 17.1. The average Bonchev–Trinajstić information content (AvgIpc) is 2.70. The lowest BCUT2D eigenvalue weighted by Crippen LogP contribution is -2.18. The number of nitrogens with zero attached hydrogens (tertiary/aromatic N) is 1. The first-order valence-corrected chi connectivity index (χ1v) is 10.6. The molecule has 0 saturated carbocycles. The minimum Gasteiger partial charge on any atom is -0.489 e. The molecular weight excluding hydrogens is 361 g/mol. The van der Waals surface area contributed by atoms with Crippen molar-refractivity contribution in [3.63, 3.8) is 0 Å². The molecule has 1 atom stereocenters. The van der Waals surface area contributed by atoms with Gasteiger partial charge in [-0.25, -0.2) is 0 Å². The Bertz CT molecular complexity index is 948. The number of hydrogen-bond acceptors (Lipinski definition) is 2. The van der Waals surface area contributed by atoms with Crippen LogP contribution in [0.15, 0.2) is 77.8 Å². The summed E-state index contributed by atoms with van der Waals surface area (Å²) in [5.74, 6) is 0.960. The van der Waals surface area contributed by atoms with Crippen molar-refractivity contribution in [2.45, 2.75) is 32.5 Å². The molecule has 0 N–H and O–H groups in total. The number of para-hydroxylation sites is 1. The van der Waals surface area contributed by atoms with Crippen molar-refractivity contribution in [3.8, 4) is 5.75 Å². The number of hydrogen-bond donors (Lipinski definition) is 0. The van der Waals surface area contributed by atoms with Gasteiger partial charge in [-0.3, -0.25) is 4.99 Å². The fourth-order valence-electron chi connectivity index (χ4n) is 3.29. The maximum atomic E-state index is 6.22. The molecule has 3 aromatic carbocycles. The van der Waals surface area contributed by atoms with E-state index in [1.807, 2.05) is 37.5 Å². The number of aryl methyl sites for hydroxylation is 1. The lowest BCUT2D eigenvalue weighted by molar-refractivity contribution is 0.301. The summed E-state index contributed by atoms with van der Waals surface area (Å²) in [4.78, 5) is 4.25. The van der Waals surface area contributed by atoms with Gasteiger partial charge in [0.1, 0.15) is 12.4 Å². The predicted molar refractivity (Wildman–Crippen MR) is 123 cm³/mol. The Kier molecular flexibility index (Phi) is 6.65. The van der Waals surface area contributed by atoms with E-state index in [1.54, 1.807) is 0 Å². The maximum absolute atomic E-state index is 6.22. The minimum atomic E-state index is -0.0428. The molecule has 0 heterocycles. The molecular formula is C25H28NOP. The predicted octanol–water partition coefficient (Wildman–Crippen LogP) is 5.86. The maximum Gasteiger partial charge on any atom is 0.123 e. The van der Waals surface area contributed by atoms with Gasteiger partial charge in [-0.1, -0.05) is 88.7 Å². The van der Waals surface area contributed by atoms with Crippen molar-refractivity contribution in [1.29, 1.82) is 0 Å². The van der Waals surface area contributed by atoms with Gasteiger partial charge in [0, 0.05) is 24.0 Å². The molecule has 0 amide bonds. The van der Waals surface area contributed by atoms with Gasteiger partial charge in [-0.05, 0) is 35.5 Å². The third kappa shape index (κ3) is 5.09. The van der Waals surface area contributed by atoms with E-state index in [2.05, 4.69) is 74.3 Å². The molecule has 28 heavy (non-hydrogen) atoms.